The van der Waals surface area contributed by atoms with Crippen molar-refractivity contribution in [2.24, 2.45) is 5.92 Å². The third-order valence-corrected chi connectivity index (χ3v) is 5.81. The summed E-state index contributed by atoms with van der Waals surface area (Å²) in [6.45, 7) is 9.84. The number of rotatable bonds is 4. The van der Waals surface area contributed by atoms with Gasteiger partial charge in [0.25, 0.3) is 10.2 Å². The predicted octanol–water partition coefficient (Wildman–Crippen LogP) is 1.10. The summed E-state index contributed by atoms with van der Waals surface area (Å²) >= 11 is 0. The summed E-state index contributed by atoms with van der Waals surface area (Å²) in [6.07, 6.45) is 1.79. The number of piperidine rings is 1. The van der Waals surface area contributed by atoms with Crippen LogP contribution >= 0.6 is 0 Å². The van der Waals surface area contributed by atoms with Gasteiger partial charge in [0, 0.05) is 13.1 Å². The maximum atomic E-state index is 12.3. The maximum Gasteiger partial charge on any atom is 0.280 e. The second-order valence-electron chi connectivity index (χ2n) is 6.37. The Labute approximate surface area is 111 Å². The van der Waals surface area contributed by atoms with Gasteiger partial charge in [0.15, 0.2) is 0 Å². The van der Waals surface area contributed by atoms with Gasteiger partial charge < -0.3 is 5.11 Å². The van der Waals surface area contributed by atoms with Gasteiger partial charge in [0.05, 0.1) is 11.1 Å². The zero-order valence-corrected chi connectivity index (χ0v) is 12.8. The van der Waals surface area contributed by atoms with E-state index in [4.69, 9.17) is 0 Å². The molecule has 1 aliphatic rings. The van der Waals surface area contributed by atoms with Crippen LogP contribution in [-0.2, 0) is 10.2 Å². The Hall–Kier alpha value is -0.170. The van der Waals surface area contributed by atoms with Crippen LogP contribution < -0.4 is 4.72 Å². The predicted molar refractivity (Wildman–Crippen MR) is 72.4 cm³/mol. The normalized spacial score (nSPS) is 21.2. The number of nitrogens with one attached hydrogen (secondary N) is 1. The van der Waals surface area contributed by atoms with Gasteiger partial charge in [-0.3, -0.25) is 0 Å². The Morgan fingerprint density at radius 3 is 2.00 bits per heavy atom. The molecular weight excluding hydrogens is 252 g/mol. The van der Waals surface area contributed by atoms with Gasteiger partial charge in [-0.15, -0.1) is 0 Å². The average Bonchev–Trinajstić information content (AvgIpc) is 2.14. The Kier molecular flexibility index (Phi) is 4.48. The maximum absolute atomic E-state index is 12.3. The summed E-state index contributed by atoms with van der Waals surface area (Å²) in [5.41, 5.74) is -2.03. The van der Waals surface area contributed by atoms with Gasteiger partial charge in [0.1, 0.15) is 0 Å². The molecule has 0 aromatic rings. The molecule has 108 valence electrons. The lowest BCUT2D eigenvalue weighted by molar-refractivity contribution is 0.00549. The van der Waals surface area contributed by atoms with Crippen molar-refractivity contribution in [3.63, 3.8) is 0 Å². The third kappa shape index (κ3) is 3.66. The van der Waals surface area contributed by atoms with Crippen molar-refractivity contribution in [1.82, 2.24) is 9.03 Å². The van der Waals surface area contributed by atoms with Crippen LogP contribution in [0.25, 0.3) is 0 Å². The van der Waals surface area contributed by atoms with Gasteiger partial charge in [-0.05, 0) is 46.5 Å². The first-order valence-electron chi connectivity index (χ1n) is 6.47. The van der Waals surface area contributed by atoms with Crippen molar-refractivity contribution in [2.45, 2.75) is 58.6 Å². The SMILES string of the molecule is CC1CCN(S(=O)(=O)NC(C)(C)C(C)(C)O)CC1. The monoisotopic (exact) mass is 278 g/mol. The molecule has 0 amide bonds. The molecule has 0 saturated carbocycles. The highest BCUT2D eigenvalue weighted by molar-refractivity contribution is 7.87. The Morgan fingerprint density at radius 1 is 1.17 bits per heavy atom. The first-order valence-corrected chi connectivity index (χ1v) is 7.91. The van der Waals surface area contributed by atoms with Gasteiger partial charge >= 0.3 is 0 Å². The van der Waals surface area contributed by atoms with Crippen molar-refractivity contribution >= 4 is 10.2 Å². The quantitative estimate of drug-likeness (QED) is 0.809. The molecule has 1 rings (SSSR count). The summed E-state index contributed by atoms with van der Waals surface area (Å²) in [5.74, 6) is 0.582. The van der Waals surface area contributed by atoms with E-state index in [2.05, 4.69) is 11.6 Å². The molecule has 1 heterocycles. The number of hydrogen-bond acceptors (Lipinski definition) is 3. The van der Waals surface area contributed by atoms with Crippen molar-refractivity contribution < 1.29 is 13.5 Å². The van der Waals surface area contributed by atoms with Crippen LogP contribution in [0.3, 0.4) is 0 Å². The van der Waals surface area contributed by atoms with Gasteiger partial charge in [0.2, 0.25) is 0 Å². The van der Waals surface area contributed by atoms with Gasteiger partial charge in [-0.25, -0.2) is 0 Å². The number of nitrogens with zero attached hydrogens (tertiary/aromatic N) is 1. The fraction of sp³-hybridized carbons (Fsp3) is 1.00. The Morgan fingerprint density at radius 2 is 1.61 bits per heavy atom. The fourth-order valence-corrected chi connectivity index (χ4v) is 3.45. The first-order chi connectivity index (χ1) is 7.96. The zero-order chi connectivity index (χ0) is 14.2. The molecule has 0 unspecified atom stereocenters. The molecule has 6 heteroatoms. The first kappa shape index (κ1) is 15.9. The molecule has 0 spiro atoms. The molecule has 1 aliphatic heterocycles. The molecule has 0 bridgehead atoms. The van der Waals surface area contributed by atoms with Crippen molar-refractivity contribution in [2.75, 3.05) is 13.1 Å². The highest BCUT2D eigenvalue weighted by Crippen LogP contribution is 2.24. The minimum Gasteiger partial charge on any atom is -0.389 e. The lowest BCUT2D eigenvalue weighted by Crippen LogP contribution is -2.60. The summed E-state index contributed by atoms with van der Waals surface area (Å²) in [7, 11) is -3.52. The minimum absolute atomic E-state index is 0.554. The van der Waals surface area contributed by atoms with Crippen molar-refractivity contribution in [3.05, 3.63) is 0 Å². The zero-order valence-electron chi connectivity index (χ0n) is 12.0. The second kappa shape index (κ2) is 5.07. The van der Waals surface area contributed by atoms with Crippen LogP contribution in [0.4, 0.5) is 0 Å². The molecule has 1 fully saturated rings. The van der Waals surface area contributed by atoms with E-state index in [-0.39, 0.29) is 0 Å². The van der Waals surface area contributed by atoms with Crippen molar-refractivity contribution in [3.8, 4) is 0 Å². The third-order valence-electron chi connectivity index (χ3n) is 4.00. The lowest BCUT2D eigenvalue weighted by Gasteiger charge is -2.40. The van der Waals surface area contributed by atoms with Crippen LogP contribution in [0, 0.1) is 5.92 Å². The molecule has 2 N–H and O–H groups in total. The summed E-state index contributed by atoms with van der Waals surface area (Å²) in [5, 5.41) is 10.0. The highest BCUT2D eigenvalue weighted by Gasteiger charge is 2.40. The van der Waals surface area contributed by atoms with Crippen LogP contribution in [0.5, 0.6) is 0 Å². The van der Waals surface area contributed by atoms with Crippen LogP contribution in [0.15, 0.2) is 0 Å². The molecule has 0 aliphatic carbocycles. The number of aliphatic hydroxyl groups is 1. The summed E-state index contributed by atoms with van der Waals surface area (Å²) in [4.78, 5) is 0. The molecule has 0 radical (unpaired) electrons. The summed E-state index contributed by atoms with van der Waals surface area (Å²) < 4.78 is 28.6. The number of hydrogen-bond donors (Lipinski definition) is 2. The largest absolute Gasteiger partial charge is 0.389 e. The molecule has 1 saturated heterocycles. The van der Waals surface area contributed by atoms with E-state index in [9.17, 15) is 13.5 Å². The standard InChI is InChI=1S/C12H26N2O3S/c1-10-6-8-14(9-7-10)18(16,17)13-11(2,3)12(4,5)15/h10,13,15H,6-9H2,1-5H3. The van der Waals surface area contributed by atoms with Gasteiger partial charge in [-0.2, -0.15) is 17.4 Å². The minimum atomic E-state index is -3.52. The molecule has 18 heavy (non-hydrogen) atoms. The second-order valence-corrected chi connectivity index (χ2v) is 8.04. The smallest absolute Gasteiger partial charge is 0.280 e. The molecule has 0 atom stereocenters. The highest BCUT2D eigenvalue weighted by atomic mass is 32.2. The Balaban J connectivity index is 2.77. The molecule has 0 aromatic carbocycles. The molecule has 5 nitrogen and oxygen atoms in total. The van der Waals surface area contributed by atoms with E-state index in [0.29, 0.717) is 19.0 Å². The molecular formula is C12H26N2O3S. The van der Waals surface area contributed by atoms with E-state index in [1.54, 1.807) is 27.7 Å². The van der Waals surface area contributed by atoms with E-state index in [0.717, 1.165) is 12.8 Å². The fourth-order valence-electron chi connectivity index (χ4n) is 1.74. The van der Waals surface area contributed by atoms with Crippen LogP contribution in [-0.4, -0.2) is 42.1 Å². The van der Waals surface area contributed by atoms with Crippen LogP contribution in [0.2, 0.25) is 0 Å². The Bertz CT molecular complexity index is 377. The topological polar surface area (TPSA) is 69.6 Å². The van der Waals surface area contributed by atoms with Gasteiger partial charge in [-0.1, -0.05) is 6.92 Å². The van der Waals surface area contributed by atoms with Crippen LogP contribution in [0.1, 0.15) is 47.5 Å². The van der Waals surface area contributed by atoms with E-state index in [1.165, 1.54) is 4.31 Å². The van der Waals surface area contributed by atoms with E-state index < -0.39 is 21.3 Å². The van der Waals surface area contributed by atoms with E-state index in [1.807, 2.05) is 0 Å². The molecule has 0 aromatic heterocycles. The van der Waals surface area contributed by atoms with E-state index >= 15 is 0 Å². The summed E-state index contributed by atoms with van der Waals surface area (Å²) in [6, 6.07) is 0. The lowest BCUT2D eigenvalue weighted by atomic mass is 9.87. The van der Waals surface area contributed by atoms with Crippen molar-refractivity contribution in [1.29, 1.82) is 0 Å². The average molecular weight is 278 g/mol.